The highest BCUT2D eigenvalue weighted by atomic mass is 16.5. The SMILES string of the molecule is CCCCc1cc(=O)[nH]c(N2CCOCC2)n1. The van der Waals surface area contributed by atoms with Crippen molar-refractivity contribution in [1.29, 1.82) is 0 Å². The number of unbranched alkanes of at least 4 members (excludes halogenated alkanes) is 1. The number of anilines is 1. The van der Waals surface area contributed by atoms with E-state index >= 15 is 0 Å². The van der Waals surface area contributed by atoms with Crippen molar-refractivity contribution < 1.29 is 4.74 Å². The van der Waals surface area contributed by atoms with Crippen molar-refractivity contribution in [3.05, 3.63) is 22.1 Å². The van der Waals surface area contributed by atoms with Gasteiger partial charge >= 0.3 is 0 Å². The first-order valence-electron chi connectivity index (χ1n) is 6.22. The zero-order valence-corrected chi connectivity index (χ0v) is 10.2. The van der Waals surface area contributed by atoms with Gasteiger partial charge in [-0.05, 0) is 12.8 Å². The average molecular weight is 237 g/mol. The van der Waals surface area contributed by atoms with Crippen LogP contribution in [0.3, 0.4) is 0 Å². The van der Waals surface area contributed by atoms with Crippen LogP contribution in [0, 0.1) is 0 Å². The molecule has 2 rings (SSSR count). The molecule has 2 heterocycles. The number of rotatable bonds is 4. The number of H-pyrrole nitrogens is 1. The molecule has 1 aromatic heterocycles. The number of nitrogens with one attached hydrogen (secondary N) is 1. The summed E-state index contributed by atoms with van der Waals surface area (Å²) in [5.74, 6) is 0.687. The molecule has 0 bridgehead atoms. The summed E-state index contributed by atoms with van der Waals surface area (Å²) in [6, 6.07) is 1.60. The fourth-order valence-electron chi connectivity index (χ4n) is 1.90. The minimum atomic E-state index is -0.0624. The molecule has 94 valence electrons. The Kier molecular flexibility index (Phi) is 4.14. The van der Waals surface area contributed by atoms with Gasteiger partial charge in [0, 0.05) is 24.8 Å². The van der Waals surface area contributed by atoms with Crippen LogP contribution in [0.2, 0.25) is 0 Å². The number of nitrogens with zero attached hydrogens (tertiary/aromatic N) is 2. The van der Waals surface area contributed by atoms with Crippen LogP contribution >= 0.6 is 0 Å². The number of aromatic amines is 1. The third-order valence-electron chi connectivity index (χ3n) is 2.88. The Morgan fingerprint density at radius 3 is 2.94 bits per heavy atom. The van der Waals surface area contributed by atoms with Crippen molar-refractivity contribution >= 4 is 5.95 Å². The van der Waals surface area contributed by atoms with Crippen LogP contribution in [0.5, 0.6) is 0 Å². The first-order valence-corrected chi connectivity index (χ1v) is 6.22. The standard InChI is InChI=1S/C12H19N3O2/c1-2-3-4-10-9-11(16)14-12(13-10)15-5-7-17-8-6-15/h9H,2-8H2,1H3,(H,13,14,16). The molecule has 0 atom stereocenters. The molecular weight excluding hydrogens is 218 g/mol. The summed E-state index contributed by atoms with van der Waals surface area (Å²) in [7, 11) is 0. The number of hydrogen-bond donors (Lipinski definition) is 1. The maximum absolute atomic E-state index is 11.6. The Balaban J connectivity index is 2.15. The van der Waals surface area contributed by atoms with E-state index in [9.17, 15) is 4.79 Å². The molecule has 1 fully saturated rings. The van der Waals surface area contributed by atoms with Crippen LogP contribution in [-0.4, -0.2) is 36.3 Å². The van der Waals surface area contributed by atoms with E-state index in [1.165, 1.54) is 0 Å². The predicted octanol–water partition coefficient (Wildman–Crippen LogP) is 0.949. The second-order valence-corrected chi connectivity index (χ2v) is 4.26. The number of morpholine rings is 1. The molecule has 0 unspecified atom stereocenters. The highest BCUT2D eigenvalue weighted by molar-refractivity contribution is 5.30. The van der Waals surface area contributed by atoms with Gasteiger partial charge in [0.15, 0.2) is 0 Å². The molecule has 1 aromatic rings. The van der Waals surface area contributed by atoms with Crippen LogP contribution in [0.1, 0.15) is 25.5 Å². The molecule has 0 amide bonds. The van der Waals surface area contributed by atoms with Gasteiger partial charge in [-0.2, -0.15) is 0 Å². The van der Waals surface area contributed by atoms with E-state index in [1.54, 1.807) is 6.07 Å². The molecule has 0 aliphatic carbocycles. The van der Waals surface area contributed by atoms with Crippen molar-refractivity contribution in [3.63, 3.8) is 0 Å². The van der Waals surface area contributed by atoms with Gasteiger partial charge in [-0.25, -0.2) is 4.98 Å². The van der Waals surface area contributed by atoms with Gasteiger partial charge in [0.05, 0.1) is 13.2 Å². The molecule has 1 aliphatic rings. The lowest BCUT2D eigenvalue weighted by molar-refractivity contribution is 0.122. The molecule has 1 aliphatic heterocycles. The third-order valence-corrected chi connectivity index (χ3v) is 2.88. The summed E-state index contributed by atoms with van der Waals surface area (Å²) in [4.78, 5) is 20.9. The number of hydrogen-bond acceptors (Lipinski definition) is 4. The Morgan fingerprint density at radius 1 is 1.47 bits per heavy atom. The molecule has 5 heteroatoms. The zero-order valence-electron chi connectivity index (χ0n) is 10.2. The van der Waals surface area contributed by atoms with E-state index in [0.717, 1.165) is 38.0 Å². The zero-order chi connectivity index (χ0) is 12.1. The van der Waals surface area contributed by atoms with E-state index in [2.05, 4.69) is 21.8 Å². The van der Waals surface area contributed by atoms with Crippen LogP contribution in [0.4, 0.5) is 5.95 Å². The molecule has 0 aromatic carbocycles. The van der Waals surface area contributed by atoms with E-state index in [1.807, 2.05) is 0 Å². The van der Waals surface area contributed by atoms with Crippen molar-refractivity contribution in [2.45, 2.75) is 26.2 Å². The quantitative estimate of drug-likeness (QED) is 0.847. The summed E-state index contributed by atoms with van der Waals surface area (Å²) in [6.07, 6.45) is 3.05. The summed E-state index contributed by atoms with van der Waals surface area (Å²) in [5.41, 5.74) is 0.824. The van der Waals surface area contributed by atoms with Gasteiger partial charge in [0.25, 0.3) is 5.56 Å². The van der Waals surface area contributed by atoms with E-state index in [4.69, 9.17) is 4.74 Å². The normalized spacial score (nSPS) is 16.2. The molecule has 1 saturated heterocycles. The van der Waals surface area contributed by atoms with Crippen LogP contribution in [0.15, 0.2) is 10.9 Å². The van der Waals surface area contributed by atoms with Gasteiger partial charge in [-0.15, -0.1) is 0 Å². The second-order valence-electron chi connectivity index (χ2n) is 4.26. The number of ether oxygens (including phenoxy) is 1. The maximum atomic E-state index is 11.6. The van der Waals surface area contributed by atoms with E-state index < -0.39 is 0 Å². The van der Waals surface area contributed by atoms with Crippen molar-refractivity contribution in [3.8, 4) is 0 Å². The summed E-state index contributed by atoms with van der Waals surface area (Å²) >= 11 is 0. The molecular formula is C12H19N3O2. The Bertz CT molecular complexity index is 410. The molecule has 5 nitrogen and oxygen atoms in total. The van der Waals surface area contributed by atoms with E-state index in [-0.39, 0.29) is 5.56 Å². The monoisotopic (exact) mass is 237 g/mol. The summed E-state index contributed by atoms with van der Waals surface area (Å²) in [5, 5.41) is 0. The minimum absolute atomic E-state index is 0.0624. The van der Waals surface area contributed by atoms with Gasteiger partial charge < -0.3 is 9.64 Å². The Morgan fingerprint density at radius 2 is 2.24 bits per heavy atom. The van der Waals surface area contributed by atoms with Crippen molar-refractivity contribution in [1.82, 2.24) is 9.97 Å². The lowest BCUT2D eigenvalue weighted by atomic mass is 10.2. The molecule has 1 N–H and O–H groups in total. The highest BCUT2D eigenvalue weighted by Gasteiger charge is 2.13. The van der Waals surface area contributed by atoms with Gasteiger partial charge in [0.2, 0.25) is 5.95 Å². The molecule has 17 heavy (non-hydrogen) atoms. The topological polar surface area (TPSA) is 58.2 Å². The minimum Gasteiger partial charge on any atom is -0.378 e. The lowest BCUT2D eigenvalue weighted by Gasteiger charge is -2.27. The molecule has 0 radical (unpaired) electrons. The highest BCUT2D eigenvalue weighted by Crippen LogP contribution is 2.09. The van der Waals surface area contributed by atoms with E-state index in [0.29, 0.717) is 19.2 Å². The van der Waals surface area contributed by atoms with Crippen LogP contribution in [-0.2, 0) is 11.2 Å². The smallest absolute Gasteiger partial charge is 0.252 e. The summed E-state index contributed by atoms with van der Waals surface area (Å²) < 4.78 is 5.29. The third kappa shape index (κ3) is 3.30. The molecule has 0 saturated carbocycles. The maximum Gasteiger partial charge on any atom is 0.252 e. The van der Waals surface area contributed by atoms with Gasteiger partial charge in [0.1, 0.15) is 0 Å². The number of aromatic nitrogens is 2. The van der Waals surface area contributed by atoms with Gasteiger partial charge in [-0.1, -0.05) is 13.3 Å². The van der Waals surface area contributed by atoms with Crippen LogP contribution in [0.25, 0.3) is 0 Å². The average Bonchev–Trinajstić information content (AvgIpc) is 2.37. The first kappa shape index (κ1) is 12.1. The van der Waals surface area contributed by atoms with Crippen LogP contribution < -0.4 is 10.5 Å². The number of aryl methyl sites for hydroxylation is 1. The lowest BCUT2D eigenvalue weighted by Crippen LogP contribution is -2.38. The fourth-order valence-corrected chi connectivity index (χ4v) is 1.90. The van der Waals surface area contributed by atoms with Crippen molar-refractivity contribution in [2.24, 2.45) is 0 Å². The van der Waals surface area contributed by atoms with Crippen molar-refractivity contribution in [2.75, 3.05) is 31.2 Å². The Labute approximate surface area is 101 Å². The van der Waals surface area contributed by atoms with Gasteiger partial charge in [-0.3, -0.25) is 9.78 Å². The molecule has 0 spiro atoms. The largest absolute Gasteiger partial charge is 0.378 e. The first-order chi connectivity index (χ1) is 8.29. The summed E-state index contributed by atoms with van der Waals surface area (Å²) in [6.45, 7) is 5.11. The fraction of sp³-hybridized carbons (Fsp3) is 0.667. The second kappa shape index (κ2) is 5.82. The predicted molar refractivity (Wildman–Crippen MR) is 66.5 cm³/mol. The Hall–Kier alpha value is -1.36.